The lowest BCUT2D eigenvalue weighted by molar-refractivity contribution is -0.142. The average molecular weight is 258 g/mol. The Labute approximate surface area is 106 Å². The summed E-state index contributed by atoms with van der Waals surface area (Å²) in [5.41, 5.74) is 0.978. The topological polar surface area (TPSA) is 47.6 Å². The van der Waals surface area contributed by atoms with Gasteiger partial charge in [0.25, 0.3) is 0 Å². The van der Waals surface area contributed by atoms with Crippen molar-refractivity contribution in [3.8, 4) is 5.75 Å². The lowest BCUT2D eigenvalue weighted by Crippen LogP contribution is -2.34. The van der Waals surface area contributed by atoms with E-state index in [1.54, 1.807) is 26.2 Å². The Balaban J connectivity index is 2.58. The van der Waals surface area contributed by atoms with Crippen molar-refractivity contribution in [1.82, 2.24) is 5.32 Å². The van der Waals surface area contributed by atoms with Crippen LogP contribution in [0.4, 0.5) is 0 Å². The van der Waals surface area contributed by atoms with E-state index in [1.807, 2.05) is 6.07 Å². The van der Waals surface area contributed by atoms with Gasteiger partial charge in [0.05, 0.1) is 19.2 Å². The summed E-state index contributed by atoms with van der Waals surface area (Å²) in [6.07, 6.45) is 0. The maximum atomic E-state index is 11.2. The van der Waals surface area contributed by atoms with E-state index in [2.05, 4.69) is 10.1 Å². The molecule has 1 aromatic carbocycles. The van der Waals surface area contributed by atoms with Crippen molar-refractivity contribution in [3.63, 3.8) is 0 Å². The first-order chi connectivity index (χ1) is 8.08. The maximum absolute atomic E-state index is 11.2. The number of hydrogen-bond donors (Lipinski definition) is 1. The molecule has 0 heterocycles. The highest BCUT2D eigenvalue weighted by Crippen LogP contribution is 2.24. The van der Waals surface area contributed by atoms with E-state index in [1.165, 1.54) is 7.11 Å². The molecule has 0 saturated heterocycles. The molecule has 1 N–H and O–H groups in total. The van der Waals surface area contributed by atoms with Gasteiger partial charge in [-0.15, -0.1) is 0 Å². The van der Waals surface area contributed by atoms with Crippen molar-refractivity contribution in [2.24, 2.45) is 0 Å². The van der Waals surface area contributed by atoms with E-state index in [4.69, 9.17) is 16.3 Å². The third kappa shape index (κ3) is 3.91. The highest BCUT2D eigenvalue weighted by Gasteiger charge is 2.12. The summed E-state index contributed by atoms with van der Waals surface area (Å²) in [6.45, 7) is 2.29. The summed E-state index contributed by atoms with van der Waals surface area (Å²) in [4.78, 5) is 11.2. The molecule has 1 unspecified atom stereocenters. The first-order valence-corrected chi connectivity index (χ1v) is 5.60. The van der Waals surface area contributed by atoms with Crippen molar-refractivity contribution in [3.05, 3.63) is 28.8 Å². The van der Waals surface area contributed by atoms with Gasteiger partial charge in [0.15, 0.2) is 0 Å². The van der Waals surface area contributed by atoms with Gasteiger partial charge in [-0.3, -0.25) is 4.79 Å². The molecule has 94 valence electrons. The number of nitrogens with one attached hydrogen (secondary N) is 1. The number of carbonyl (C=O) groups excluding carboxylic acids is 1. The molecule has 5 heteroatoms. The molecule has 0 aliphatic carbocycles. The summed E-state index contributed by atoms with van der Waals surface area (Å²) in [5, 5.41) is 3.59. The Morgan fingerprint density at radius 2 is 2.18 bits per heavy atom. The second-order valence-electron chi connectivity index (χ2n) is 3.59. The standard InChI is InChI=1S/C12H16ClNO3/c1-8(12(15)17-3)14-7-9-4-5-11(16-2)10(13)6-9/h4-6,8,14H,7H2,1-3H3. The summed E-state index contributed by atoms with van der Waals surface area (Å²) in [7, 11) is 2.93. The number of esters is 1. The van der Waals surface area contributed by atoms with Crippen LogP contribution in [0.5, 0.6) is 5.75 Å². The van der Waals surface area contributed by atoms with Crippen LogP contribution in [0.15, 0.2) is 18.2 Å². The second-order valence-corrected chi connectivity index (χ2v) is 4.00. The van der Waals surface area contributed by atoms with E-state index in [9.17, 15) is 4.79 Å². The Morgan fingerprint density at radius 3 is 2.71 bits per heavy atom. The normalized spacial score (nSPS) is 12.0. The van der Waals surface area contributed by atoms with Crippen LogP contribution in [0.3, 0.4) is 0 Å². The SMILES string of the molecule is COC(=O)C(C)NCc1ccc(OC)c(Cl)c1. The zero-order chi connectivity index (χ0) is 12.8. The Bertz CT molecular complexity index is 395. The predicted molar refractivity (Wildman–Crippen MR) is 66.3 cm³/mol. The number of methoxy groups -OCH3 is 2. The van der Waals surface area contributed by atoms with Gasteiger partial charge in [0, 0.05) is 6.54 Å². The van der Waals surface area contributed by atoms with Crippen LogP contribution in [-0.4, -0.2) is 26.2 Å². The number of carbonyl (C=O) groups is 1. The third-order valence-electron chi connectivity index (χ3n) is 2.38. The number of rotatable bonds is 5. The van der Waals surface area contributed by atoms with Crippen molar-refractivity contribution >= 4 is 17.6 Å². The second kappa shape index (κ2) is 6.47. The highest BCUT2D eigenvalue weighted by molar-refractivity contribution is 6.32. The van der Waals surface area contributed by atoms with Crippen molar-refractivity contribution in [1.29, 1.82) is 0 Å². The molecule has 0 bridgehead atoms. The van der Waals surface area contributed by atoms with Gasteiger partial charge in [0.2, 0.25) is 0 Å². The van der Waals surface area contributed by atoms with Crippen LogP contribution in [0.25, 0.3) is 0 Å². The Kier molecular flexibility index (Phi) is 5.25. The molecule has 0 amide bonds. The number of ether oxygens (including phenoxy) is 2. The molecule has 0 aliphatic rings. The maximum Gasteiger partial charge on any atom is 0.322 e. The van der Waals surface area contributed by atoms with Crippen LogP contribution < -0.4 is 10.1 Å². The quantitative estimate of drug-likeness (QED) is 0.820. The van der Waals surface area contributed by atoms with E-state index in [-0.39, 0.29) is 12.0 Å². The first kappa shape index (κ1) is 13.8. The molecule has 0 saturated carbocycles. The van der Waals surface area contributed by atoms with Gasteiger partial charge in [0.1, 0.15) is 11.8 Å². The van der Waals surface area contributed by atoms with Gasteiger partial charge in [-0.1, -0.05) is 17.7 Å². The van der Waals surface area contributed by atoms with E-state index >= 15 is 0 Å². The zero-order valence-corrected chi connectivity index (χ0v) is 10.9. The molecule has 1 rings (SSSR count). The van der Waals surface area contributed by atoms with Gasteiger partial charge in [-0.2, -0.15) is 0 Å². The minimum atomic E-state index is -0.346. The summed E-state index contributed by atoms with van der Waals surface area (Å²) < 4.78 is 9.67. The molecule has 1 aromatic rings. The van der Waals surface area contributed by atoms with Gasteiger partial charge >= 0.3 is 5.97 Å². The predicted octanol–water partition coefficient (Wildman–Crippen LogP) is 2.00. The number of hydrogen-bond acceptors (Lipinski definition) is 4. The Morgan fingerprint density at radius 1 is 1.47 bits per heavy atom. The van der Waals surface area contributed by atoms with Gasteiger partial charge in [-0.05, 0) is 24.6 Å². The van der Waals surface area contributed by atoms with Crippen LogP contribution in [0, 0.1) is 0 Å². The summed E-state index contributed by atoms with van der Waals surface area (Å²) in [5.74, 6) is 0.348. The molecule has 0 spiro atoms. The monoisotopic (exact) mass is 257 g/mol. The lowest BCUT2D eigenvalue weighted by atomic mass is 10.2. The van der Waals surface area contributed by atoms with E-state index in [0.29, 0.717) is 17.3 Å². The summed E-state index contributed by atoms with van der Waals surface area (Å²) in [6, 6.07) is 5.14. The molecular weight excluding hydrogens is 242 g/mol. The fourth-order valence-corrected chi connectivity index (χ4v) is 1.63. The largest absolute Gasteiger partial charge is 0.495 e. The van der Waals surface area contributed by atoms with Crippen LogP contribution in [-0.2, 0) is 16.1 Å². The average Bonchev–Trinajstić information content (AvgIpc) is 2.35. The fraction of sp³-hybridized carbons (Fsp3) is 0.417. The van der Waals surface area contributed by atoms with E-state index < -0.39 is 0 Å². The van der Waals surface area contributed by atoms with Crippen molar-refractivity contribution < 1.29 is 14.3 Å². The molecule has 0 aliphatic heterocycles. The summed E-state index contributed by atoms with van der Waals surface area (Å²) >= 11 is 5.99. The van der Waals surface area contributed by atoms with E-state index in [0.717, 1.165) is 5.56 Å². The highest BCUT2D eigenvalue weighted by atomic mass is 35.5. The molecule has 0 aromatic heterocycles. The molecule has 4 nitrogen and oxygen atoms in total. The fourth-order valence-electron chi connectivity index (χ4n) is 1.35. The Hall–Kier alpha value is -1.26. The molecular formula is C12H16ClNO3. The minimum Gasteiger partial charge on any atom is -0.495 e. The van der Waals surface area contributed by atoms with Crippen molar-refractivity contribution in [2.75, 3.05) is 14.2 Å². The van der Waals surface area contributed by atoms with Crippen molar-refractivity contribution in [2.45, 2.75) is 19.5 Å². The third-order valence-corrected chi connectivity index (χ3v) is 2.68. The number of benzene rings is 1. The first-order valence-electron chi connectivity index (χ1n) is 5.22. The lowest BCUT2D eigenvalue weighted by Gasteiger charge is -2.12. The molecule has 17 heavy (non-hydrogen) atoms. The minimum absolute atomic E-state index is 0.287. The van der Waals surface area contributed by atoms with Crippen LogP contribution in [0.1, 0.15) is 12.5 Å². The molecule has 1 atom stereocenters. The van der Waals surface area contributed by atoms with Crippen LogP contribution >= 0.6 is 11.6 Å². The van der Waals surface area contributed by atoms with Gasteiger partial charge < -0.3 is 14.8 Å². The smallest absolute Gasteiger partial charge is 0.322 e. The molecule has 0 radical (unpaired) electrons. The number of halogens is 1. The van der Waals surface area contributed by atoms with Crippen LogP contribution in [0.2, 0.25) is 5.02 Å². The zero-order valence-electron chi connectivity index (χ0n) is 10.1. The molecule has 0 fully saturated rings. The van der Waals surface area contributed by atoms with Gasteiger partial charge in [-0.25, -0.2) is 0 Å².